The molecule has 1 fully saturated rings. The van der Waals surface area contributed by atoms with Crippen molar-refractivity contribution in [2.45, 2.75) is 16.7 Å². The van der Waals surface area contributed by atoms with Gasteiger partial charge in [0.15, 0.2) is 11.5 Å². The van der Waals surface area contributed by atoms with Crippen molar-refractivity contribution in [1.82, 2.24) is 4.90 Å². The number of nitrogens with one attached hydrogen (secondary N) is 1. The number of carbonyl (C=O) groups is 3. The molecule has 36 heavy (non-hydrogen) atoms. The molecular formula is C27H22N2O5S2. The predicted octanol–water partition coefficient (Wildman–Crippen LogP) is 5.59. The van der Waals surface area contributed by atoms with Crippen LogP contribution in [0.5, 0.6) is 11.5 Å². The lowest BCUT2D eigenvalue weighted by atomic mass is 10.2. The number of hydrogen-bond donors (Lipinski definition) is 1. The first-order chi connectivity index (χ1) is 17.4. The third-order valence-electron chi connectivity index (χ3n) is 5.44. The van der Waals surface area contributed by atoms with E-state index < -0.39 is 17.1 Å². The molecule has 0 bridgehead atoms. The van der Waals surface area contributed by atoms with Crippen molar-refractivity contribution in [1.29, 1.82) is 0 Å². The summed E-state index contributed by atoms with van der Waals surface area (Å²) in [5.41, 5.74) is 2.51. The van der Waals surface area contributed by atoms with Gasteiger partial charge in [-0.2, -0.15) is 0 Å². The molecular weight excluding hydrogens is 496 g/mol. The number of amides is 3. The van der Waals surface area contributed by atoms with Crippen molar-refractivity contribution >= 4 is 52.3 Å². The van der Waals surface area contributed by atoms with Crippen molar-refractivity contribution in [2.75, 3.05) is 25.1 Å². The minimum atomic E-state index is -0.486. The number of hydrogen-bond acceptors (Lipinski definition) is 7. The van der Waals surface area contributed by atoms with Gasteiger partial charge in [0.2, 0.25) is 5.91 Å². The maximum atomic E-state index is 12.8. The van der Waals surface area contributed by atoms with Gasteiger partial charge in [0.1, 0.15) is 19.8 Å². The zero-order chi connectivity index (χ0) is 25.1. The Morgan fingerprint density at radius 2 is 1.64 bits per heavy atom. The zero-order valence-corrected chi connectivity index (χ0v) is 21.0. The van der Waals surface area contributed by atoms with Crippen molar-refractivity contribution in [3.63, 3.8) is 0 Å². The summed E-state index contributed by atoms with van der Waals surface area (Å²) in [6.45, 7) is 2.59. The van der Waals surface area contributed by atoms with Gasteiger partial charge < -0.3 is 14.8 Å². The highest BCUT2D eigenvalue weighted by molar-refractivity contribution is 8.18. The molecule has 0 radical (unpaired) electrons. The van der Waals surface area contributed by atoms with Crippen molar-refractivity contribution in [3.8, 4) is 11.5 Å². The molecule has 1 saturated heterocycles. The standard InChI is InChI=1S/C27H22N2O5S2/c1-17-2-7-20(8-3-17)35-21-9-4-18(5-10-21)14-24-26(31)29(27(32)36-24)16-25(30)28-19-6-11-22-23(15-19)34-13-12-33-22/h2-11,14-15H,12-13,16H2,1H3,(H,28,30)/b24-14-. The molecule has 1 N–H and O–H groups in total. The van der Waals surface area contributed by atoms with Gasteiger partial charge in [-0.05, 0) is 66.7 Å². The topological polar surface area (TPSA) is 84.9 Å². The number of anilines is 1. The summed E-state index contributed by atoms with van der Waals surface area (Å²) in [6, 6.07) is 21.1. The maximum Gasteiger partial charge on any atom is 0.294 e. The minimum absolute atomic E-state index is 0.283. The van der Waals surface area contributed by atoms with E-state index in [1.54, 1.807) is 36.0 Å². The highest BCUT2D eigenvalue weighted by atomic mass is 32.2. The van der Waals surface area contributed by atoms with Crippen LogP contribution in [0.2, 0.25) is 0 Å². The van der Waals surface area contributed by atoms with Crippen LogP contribution in [0.3, 0.4) is 0 Å². The molecule has 5 rings (SSSR count). The Balaban J connectivity index is 1.20. The Hall–Kier alpha value is -3.69. The van der Waals surface area contributed by atoms with Gasteiger partial charge in [-0.15, -0.1) is 0 Å². The Morgan fingerprint density at radius 3 is 2.36 bits per heavy atom. The van der Waals surface area contributed by atoms with Gasteiger partial charge in [-0.25, -0.2) is 0 Å². The monoisotopic (exact) mass is 518 g/mol. The normalized spacial score (nSPS) is 15.9. The van der Waals surface area contributed by atoms with E-state index in [0.29, 0.717) is 30.4 Å². The molecule has 0 unspecified atom stereocenters. The summed E-state index contributed by atoms with van der Waals surface area (Å²) >= 11 is 2.48. The van der Waals surface area contributed by atoms with Crippen LogP contribution < -0.4 is 14.8 Å². The number of imide groups is 1. The summed E-state index contributed by atoms with van der Waals surface area (Å²) < 4.78 is 11.0. The van der Waals surface area contributed by atoms with Crippen LogP contribution in [0.25, 0.3) is 6.08 Å². The highest BCUT2D eigenvalue weighted by Gasteiger charge is 2.36. The third-order valence-corrected chi connectivity index (χ3v) is 7.36. The van der Waals surface area contributed by atoms with E-state index in [4.69, 9.17) is 9.47 Å². The lowest BCUT2D eigenvalue weighted by molar-refractivity contribution is -0.127. The van der Waals surface area contributed by atoms with E-state index >= 15 is 0 Å². The quantitative estimate of drug-likeness (QED) is 0.426. The van der Waals surface area contributed by atoms with Crippen molar-refractivity contribution in [2.24, 2.45) is 0 Å². The van der Waals surface area contributed by atoms with Gasteiger partial charge in [-0.1, -0.05) is 41.6 Å². The number of nitrogens with zero attached hydrogens (tertiary/aromatic N) is 1. The smallest absolute Gasteiger partial charge is 0.294 e. The molecule has 0 aromatic heterocycles. The number of fused-ring (bicyclic) bond motifs is 1. The van der Waals surface area contributed by atoms with E-state index in [1.165, 1.54) is 5.56 Å². The van der Waals surface area contributed by atoms with E-state index in [-0.39, 0.29) is 11.4 Å². The summed E-state index contributed by atoms with van der Waals surface area (Å²) in [6.07, 6.45) is 1.67. The largest absolute Gasteiger partial charge is 0.486 e. The molecule has 2 aliphatic heterocycles. The summed E-state index contributed by atoms with van der Waals surface area (Å²) in [5, 5.41) is 2.23. The van der Waals surface area contributed by atoms with Crippen LogP contribution in [-0.2, 0) is 9.59 Å². The molecule has 2 heterocycles. The fourth-order valence-corrected chi connectivity index (χ4v) is 5.28. The van der Waals surface area contributed by atoms with E-state index in [1.807, 2.05) is 24.3 Å². The lowest BCUT2D eigenvalue weighted by Crippen LogP contribution is -2.36. The molecule has 2 aliphatic rings. The Kier molecular flexibility index (Phi) is 7.02. The fraction of sp³-hybridized carbons (Fsp3) is 0.148. The molecule has 0 saturated carbocycles. The van der Waals surface area contributed by atoms with Gasteiger partial charge in [-0.3, -0.25) is 19.3 Å². The van der Waals surface area contributed by atoms with E-state index in [0.717, 1.165) is 32.0 Å². The first-order valence-corrected chi connectivity index (χ1v) is 12.9. The number of ether oxygens (including phenoxy) is 2. The molecule has 182 valence electrons. The third kappa shape index (κ3) is 5.58. The lowest BCUT2D eigenvalue weighted by Gasteiger charge is -2.19. The average molecular weight is 519 g/mol. The van der Waals surface area contributed by atoms with Gasteiger partial charge in [0, 0.05) is 21.5 Å². The molecule has 7 nitrogen and oxygen atoms in total. The number of carbonyl (C=O) groups excluding carboxylic acids is 3. The Bertz CT molecular complexity index is 1350. The molecule has 3 amide bonds. The van der Waals surface area contributed by atoms with Gasteiger partial charge in [0.05, 0.1) is 4.91 Å². The number of thioether (sulfide) groups is 1. The minimum Gasteiger partial charge on any atom is -0.486 e. The van der Waals surface area contributed by atoms with Crippen LogP contribution in [0.15, 0.2) is 81.4 Å². The second-order valence-electron chi connectivity index (χ2n) is 8.16. The van der Waals surface area contributed by atoms with Crippen LogP contribution >= 0.6 is 23.5 Å². The Labute approximate surface area is 216 Å². The summed E-state index contributed by atoms with van der Waals surface area (Å²) in [7, 11) is 0. The second kappa shape index (κ2) is 10.5. The van der Waals surface area contributed by atoms with Gasteiger partial charge >= 0.3 is 0 Å². The molecule has 0 aliphatic carbocycles. The van der Waals surface area contributed by atoms with Crippen LogP contribution in [0.4, 0.5) is 10.5 Å². The van der Waals surface area contributed by atoms with Gasteiger partial charge in [0.25, 0.3) is 11.1 Å². The number of aryl methyl sites for hydroxylation is 1. The first kappa shape index (κ1) is 24.0. The zero-order valence-electron chi connectivity index (χ0n) is 19.4. The number of benzene rings is 3. The van der Waals surface area contributed by atoms with Crippen LogP contribution in [0.1, 0.15) is 11.1 Å². The molecule has 9 heteroatoms. The summed E-state index contributed by atoms with van der Waals surface area (Å²) in [4.78, 5) is 41.3. The molecule has 3 aromatic carbocycles. The first-order valence-electron chi connectivity index (χ1n) is 11.2. The summed E-state index contributed by atoms with van der Waals surface area (Å²) in [5.74, 6) is 0.182. The Morgan fingerprint density at radius 1 is 0.972 bits per heavy atom. The van der Waals surface area contributed by atoms with Crippen LogP contribution in [0, 0.1) is 6.92 Å². The highest BCUT2D eigenvalue weighted by Crippen LogP contribution is 2.34. The second-order valence-corrected chi connectivity index (χ2v) is 10.3. The molecule has 0 spiro atoms. The van der Waals surface area contributed by atoms with Crippen molar-refractivity contribution in [3.05, 3.63) is 82.8 Å². The van der Waals surface area contributed by atoms with E-state index in [2.05, 4.69) is 36.5 Å². The fourth-order valence-electron chi connectivity index (χ4n) is 3.63. The SMILES string of the molecule is Cc1ccc(Sc2ccc(/C=C3\SC(=O)N(CC(=O)Nc4ccc5c(c4)OCCO5)C3=O)cc2)cc1. The molecule has 0 atom stereocenters. The van der Waals surface area contributed by atoms with Crippen LogP contribution in [-0.4, -0.2) is 41.7 Å². The average Bonchev–Trinajstić information content (AvgIpc) is 3.13. The van der Waals surface area contributed by atoms with Crippen molar-refractivity contribution < 1.29 is 23.9 Å². The number of rotatable bonds is 6. The van der Waals surface area contributed by atoms with E-state index in [9.17, 15) is 14.4 Å². The predicted molar refractivity (Wildman–Crippen MR) is 140 cm³/mol. The maximum absolute atomic E-state index is 12.8. The molecule has 3 aromatic rings.